The monoisotopic (exact) mass is 439 g/mol. The van der Waals surface area contributed by atoms with Crippen LogP contribution in [0.4, 0.5) is 5.69 Å². The van der Waals surface area contributed by atoms with Crippen molar-refractivity contribution in [1.82, 2.24) is 10.2 Å². The molecule has 0 fully saturated rings. The maximum atomic E-state index is 12.5. The van der Waals surface area contributed by atoms with Gasteiger partial charge in [-0.2, -0.15) is 0 Å². The summed E-state index contributed by atoms with van der Waals surface area (Å²) in [5.41, 5.74) is 4.21. The Morgan fingerprint density at radius 1 is 1.13 bits per heavy atom. The van der Waals surface area contributed by atoms with Gasteiger partial charge in [0.15, 0.2) is 6.61 Å². The topological polar surface area (TPSA) is 77.2 Å². The van der Waals surface area contributed by atoms with E-state index in [4.69, 9.17) is 9.15 Å². The Morgan fingerprint density at radius 3 is 2.52 bits per heavy atom. The Kier molecular flexibility index (Phi) is 7.05. The Morgan fingerprint density at radius 2 is 1.84 bits per heavy atom. The summed E-state index contributed by atoms with van der Waals surface area (Å²) in [6.07, 6.45) is 0. The molecule has 0 aliphatic carbocycles. The highest BCUT2D eigenvalue weighted by Crippen LogP contribution is 2.26. The molecule has 0 bridgehead atoms. The lowest BCUT2D eigenvalue weighted by Crippen LogP contribution is -2.22. The van der Waals surface area contributed by atoms with Crippen LogP contribution >= 0.6 is 11.8 Å². The molecular weight excluding hydrogens is 410 g/mol. The van der Waals surface area contributed by atoms with E-state index in [1.807, 2.05) is 56.3 Å². The van der Waals surface area contributed by atoms with E-state index < -0.39 is 5.25 Å². The number of aryl methyl sites for hydroxylation is 2. The molecule has 0 aliphatic rings. The molecule has 2 aromatic carbocycles. The number of hydrogen-bond donors (Lipinski definition) is 1. The fourth-order valence-corrected chi connectivity index (χ4v) is 3.55. The Labute approximate surface area is 187 Å². The predicted molar refractivity (Wildman–Crippen MR) is 124 cm³/mol. The first kappa shape index (κ1) is 22.9. The first-order valence-corrected chi connectivity index (χ1v) is 11.1. The number of carbonyl (C=O) groups is 1. The molecule has 7 heteroatoms. The van der Waals surface area contributed by atoms with Crippen LogP contribution in [0.5, 0.6) is 5.75 Å². The fraction of sp³-hybridized carbons (Fsp3) is 0.375. The van der Waals surface area contributed by atoms with Crippen LogP contribution in [0.1, 0.15) is 50.3 Å². The molecule has 3 rings (SSSR count). The third kappa shape index (κ3) is 6.34. The number of benzene rings is 2. The summed E-state index contributed by atoms with van der Waals surface area (Å²) in [5, 5.41) is 10.9. The predicted octanol–water partition coefficient (Wildman–Crippen LogP) is 5.68. The second kappa shape index (κ2) is 9.56. The summed E-state index contributed by atoms with van der Waals surface area (Å²) in [4.78, 5) is 12.5. The lowest BCUT2D eigenvalue weighted by atomic mass is 9.87. The first-order valence-electron chi connectivity index (χ1n) is 10.2. The van der Waals surface area contributed by atoms with Crippen molar-refractivity contribution in [3.05, 3.63) is 65.0 Å². The Hall–Kier alpha value is -2.80. The van der Waals surface area contributed by atoms with Gasteiger partial charge in [0, 0.05) is 5.69 Å². The number of anilines is 1. The second-order valence-corrected chi connectivity index (χ2v) is 9.89. The van der Waals surface area contributed by atoms with Crippen molar-refractivity contribution in [2.24, 2.45) is 0 Å². The van der Waals surface area contributed by atoms with Crippen LogP contribution in [0.2, 0.25) is 0 Å². The number of hydrogen-bond acceptors (Lipinski definition) is 6. The van der Waals surface area contributed by atoms with E-state index in [1.165, 1.54) is 17.3 Å². The van der Waals surface area contributed by atoms with Gasteiger partial charge in [-0.25, -0.2) is 0 Å². The van der Waals surface area contributed by atoms with Crippen LogP contribution in [0.25, 0.3) is 0 Å². The highest BCUT2D eigenvalue weighted by Gasteiger charge is 2.19. The molecule has 1 heterocycles. The van der Waals surface area contributed by atoms with Gasteiger partial charge in [0.25, 0.3) is 11.1 Å². The molecule has 0 spiro atoms. The quantitative estimate of drug-likeness (QED) is 0.477. The van der Waals surface area contributed by atoms with Crippen molar-refractivity contribution in [3.63, 3.8) is 0 Å². The van der Waals surface area contributed by atoms with Crippen molar-refractivity contribution < 1.29 is 13.9 Å². The third-order valence-corrected chi connectivity index (χ3v) is 5.74. The molecule has 0 saturated heterocycles. The number of nitrogens with zero attached hydrogens (tertiary/aromatic N) is 2. The SMILES string of the molecule is Cc1ccc(C)c(OCc2nnc(SC(C)C(=O)Nc3ccc(C(C)(C)C)cc3)o2)c1. The van der Waals surface area contributed by atoms with Crippen molar-refractivity contribution in [2.45, 2.75) is 64.0 Å². The minimum absolute atomic E-state index is 0.0725. The number of nitrogens with one attached hydrogen (secondary N) is 1. The maximum absolute atomic E-state index is 12.5. The normalized spacial score (nSPS) is 12.5. The molecule has 164 valence electrons. The molecule has 1 atom stereocenters. The molecule has 1 unspecified atom stereocenters. The van der Waals surface area contributed by atoms with E-state index in [2.05, 4.69) is 36.3 Å². The van der Waals surface area contributed by atoms with Crippen molar-refractivity contribution in [3.8, 4) is 5.75 Å². The van der Waals surface area contributed by atoms with E-state index in [-0.39, 0.29) is 17.9 Å². The Bertz CT molecular complexity index is 1040. The highest BCUT2D eigenvalue weighted by molar-refractivity contribution is 8.00. The average Bonchev–Trinajstić information content (AvgIpc) is 3.15. The summed E-state index contributed by atoms with van der Waals surface area (Å²) in [5.74, 6) is 1.03. The Balaban J connectivity index is 1.53. The van der Waals surface area contributed by atoms with E-state index in [0.29, 0.717) is 11.1 Å². The summed E-state index contributed by atoms with van der Waals surface area (Å²) < 4.78 is 11.4. The van der Waals surface area contributed by atoms with E-state index in [0.717, 1.165) is 22.6 Å². The molecule has 31 heavy (non-hydrogen) atoms. The van der Waals surface area contributed by atoms with Crippen molar-refractivity contribution in [2.75, 3.05) is 5.32 Å². The largest absolute Gasteiger partial charge is 0.484 e. The van der Waals surface area contributed by atoms with Gasteiger partial charge in [-0.3, -0.25) is 4.79 Å². The van der Waals surface area contributed by atoms with E-state index >= 15 is 0 Å². The van der Waals surface area contributed by atoms with Gasteiger partial charge < -0.3 is 14.5 Å². The first-order chi connectivity index (χ1) is 14.6. The van der Waals surface area contributed by atoms with Gasteiger partial charge in [0.05, 0.1) is 5.25 Å². The van der Waals surface area contributed by atoms with E-state index in [1.54, 1.807) is 6.92 Å². The molecule has 1 N–H and O–H groups in total. The molecule has 0 radical (unpaired) electrons. The number of ether oxygens (including phenoxy) is 1. The standard InChI is InChI=1S/C24H29N3O3S/c1-15-7-8-16(2)20(13-15)29-14-21-26-27-23(30-21)31-17(3)22(28)25-19-11-9-18(10-12-19)24(4,5)6/h7-13,17H,14H2,1-6H3,(H,25,28). The van der Waals surface area contributed by atoms with Gasteiger partial charge in [-0.1, -0.05) is 56.8 Å². The molecule has 0 saturated carbocycles. The lowest BCUT2D eigenvalue weighted by Gasteiger charge is -2.19. The zero-order valence-electron chi connectivity index (χ0n) is 18.9. The van der Waals surface area contributed by atoms with Gasteiger partial charge >= 0.3 is 0 Å². The number of amides is 1. The van der Waals surface area contributed by atoms with Crippen LogP contribution in [0.3, 0.4) is 0 Å². The molecule has 0 aliphatic heterocycles. The second-order valence-electron chi connectivity index (χ2n) is 8.60. The third-order valence-electron chi connectivity index (χ3n) is 4.81. The molecule has 1 amide bonds. The van der Waals surface area contributed by atoms with Gasteiger partial charge in [0.1, 0.15) is 5.75 Å². The van der Waals surface area contributed by atoms with Crippen LogP contribution in [-0.2, 0) is 16.8 Å². The number of carbonyl (C=O) groups excluding carboxylic acids is 1. The van der Waals surface area contributed by atoms with Crippen LogP contribution in [0.15, 0.2) is 52.1 Å². The zero-order chi connectivity index (χ0) is 22.6. The number of thioether (sulfide) groups is 1. The molecular formula is C24H29N3O3S. The zero-order valence-corrected chi connectivity index (χ0v) is 19.7. The van der Waals surface area contributed by atoms with Crippen LogP contribution < -0.4 is 10.1 Å². The molecule has 6 nitrogen and oxygen atoms in total. The van der Waals surface area contributed by atoms with Crippen LogP contribution in [0, 0.1) is 13.8 Å². The number of rotatable bonds is 7. The van der Waals surface area contributed by atoms with Crippen LogP contribution in [-0.4, -0.2) is 21.4 Å². The van der Waals surface area contributed by atoms with Crippen molar-refractivity contribution in [1.29, 1.82) is 0 Å². The minimum Gasteiger partial charge on any atom is -0.484 e. The summed E-state index contributed by atoms with van der Waals surface area (Å²) in [6.45, 7) is 12.5. The van der Waals surface area contributed by atoms with Gasteiger partial charge in [-0.05, 0) is 61.1 Å². The summed E-state index contributed by atoms with van der Waals surface area (Å²) in [7, 11) is 0. The van der Waals surface area contributed by atoms with Gasteiger partial charge in [-0.15, -0.1) is 10.2 Å². The molecule has 1 aromatic heterocycles. The average molecular weight is 440 g/mol. The van der Waals surface area contributed by atoms with E-state index in [9.17, 15) is 4.79 Å². The molecule has 3 aromatic rings. The lowest BCUT2D eigenvalue weighted by molar-refractivity contribution is -0.115. The van der Waals surface area contributed by atoms with Crippen molar-refractivity contribution >= 4 is 23.4 Å². The summed E-state index contributed by atoms with van der Waals surface area (Å²) in [6, 6.07) is 13.9. The highest BCUT2D eigenvalue weighted by atomic mass is 32.2. The fourth-order valence-electron chi connectivity index (χ4n) is 2.85. The maximum Gasteiger partial charge on any atom is 0.277 e. The number of aromatic nitrogens is 2. The van der Waals surface area contributed by atoms with Gasteiger partial charge in [0.2, 0.25) is 5.91 Å². The minimum atomic E-state index is -0.393. The smallest absolute Gasteiger partial charge is 0.277 e. The summed E-state index contributed by atoms with van der Waals surface area (Å²) >= 11 is 1.22.